The van der Waals surface area contributed by atoms with Crippen LogP contribution < -0.4 is 10.1 Å². The molecule has 0 bridgehead atoms. The number of hydrogen-bond donors (Lipinski definition) is 1. The lowest BCUT2D eigenvalue weighted by Gasteiger charge is -2.23. The van der Waals surface area contributed by atoms with Crippen LogP contribution in [0.25, 0.3) is 11.1 Å². The van der Waals surface area contributed by atoms with E-state index >= 15 is 0 Å². The summed E-state index contributed by atoms with van der Waals surface area (Å²) in [5.41, 5.74) is 3.23. The van der Waals surface area contributed by atoms with Crippen molar-refractivity contribution in [3.05, 3.63) is 54.1 Å². The van der Waals surface area contributed by atoms with Gasteiger partial charge in [0.1, 0.15) is 5.75 Å². The molecular weight excluding hydrogens is 315 g/mol. The number of piperidine rings is 1. The number of benzene rings is 2. The van der Waals surface area contributed by atoms with Crippen molar-refractivity contribution in [2.24, 2.45) is 5.92 Å². The molecule has 0 radical (unpaired) electrons. The number of hydrogen-bond acceptors (Lipinski definition) is 2. The van der Waals surface area contributed by atoms with E-state index in [0.29, 0.717) is 5.92 Å². The Morgan fingerprint density at radius 2 is 1.62 bits per heavy atom. The average Bonchev–Trinajstić information content (AvgIpc) is 2.56. The summed E-state index contributed by atoms with van der Waals surface area (Å²) in [6, 6.07) is 14.2. The number of nitrogens with one attached hydrogen (secondary N) is 1. The fourth-order valence-electron chi connectivity index (χ4n) is 3.21. The zero-order chi connectivity index (χ0) is 17.0. The van der Waals surface area contributed by atoms with Gasteiger partial charge in [-0.2, -0.15) is 0 Å². The normalized spacial score (nSPS) is 16.1. The zero-order valence-corrected chi connectivity index (χ0v) is 13.3. The Morgan fingerprint density at radius 1 is 0.958 bits per heavy atom. The smallest absolute Gasteiger partial charge is 0.406 e. The third-order valence-corrected chi connectivity index (χ3v) is 4.38. The highest BCUT2D eigenvalue weighted by Gasteiger charge is 2.31. The van der Waals surface area contributed by atoms with E-state index in [2.05, 4.69) is 16.1 Å². The minimum absolute atomic E-state index is 0.193. The minimum Gasteiger partial charge on any atom is -0.406 e. The predicted molar refractivity (Wildman–Crippen MR) is 87.9 cm³/mol. The van der Waals surface area contributed by atoms with Gasteiger partial charge in [0.2, 0.25) is 0 Å². The van der Waals surface area contributed by atoms with E-state index in [9.17, 15) is 13.2 Å². The summed E-state index contributed by atoms with van der Waals surface area (Å²) in [4.78, 5) is 0. The van der Waals surface area contributed by atoms with E-state index < -0.39 is 6.36 Å². The number of ether oxygens (including phenoxy) is 1. The van der Waals surface area contributed by atoms with Gasteiger partial charge >= 0.3 is 6.36 Å². The highest BCUT2D eigenvalue weighted by molar-refractivity contribution is 5.68. The molecular formula is C19H20F3NO. The Labute approximate surface area is 139 Å². The van der Waals surface area contributed by atoms with Crippen molar-refractivity contribution < 1.29 is 17.9 Å². The molecule has 2 aromatic carbocycles. The first-order chi connectivity index (χ1) is 11.5. The van der Waals surface area contributed by atoms with Gasteiger partial charge in [-0.05, 0) is 67.1 Å². The molecule has 1 fully saturated rings. The molecule has 3 rings (SSSR count). The van der Waals surface area contributed by atoms with Gasteiger partial charge in [0.15, 0.2) is 0 Å². The van der Waals surface area contributed by atoms with Crippen LogP contribution in [0.5, 0.6) is 5.75 Å². The Kier molecular flexibility index (Phi) is 5.09. The van der Waals surface area contributed by atoms with Gasteiger partial charge in [0, 0.05) is 0 Å². The molecule has 0 aliphatic carbocycles. The van der Waals surface area contributed by atoms with Crippen molar-refractivity contribution in [1.82, 2.24) is 5.32 Å². The van der Waals surface area contributed by atoms with Crippen LogP contribution in [-0.4, -0.2) is 19.5 Å². The summed E-state index contributed by atoms with van der Waals surface area (Å²) in [7, 11) is 0. The van der Waals surface area contributed by atoms with Crippen LogP contribution in [0.2, 0.25) is 0 Å². The van der Waals surface area contributed by atoms with Crippen LogP contribution in [0.15, 0.2) is 48.5 Å². The number of rotatable bonds is 4. The van der Waals surface area contributed by atoms with Gasteiger partial charge in [0.05, 0.1) is 0 Å². The monoisotopic (exact) mass is 335 g/mol. The maximum atomic E-state index is 12.3. The summed E-state index contributed by atoms with van der Waals surface area (Å²) >= 11 is 0. The van der Waals surface area contributed by atoms with Crippen molar-refractivity contribution in [2.75, 3.05) is 13.1 Å². The molecule has 0 unspecified atom stereocenters. The van der Waals surface area contributed by atoms with Crippen LogP contribution in [0.4, 0.5) is 13.2 Å². The molecule has 5 heteroatoms. The highest BCUT2D eigenvalue weighted by atomic mass is 19.4. The first-order valence-corrected chi connectivity index (χ1v) is 8.16. The lowest BCUT2D eigenvalue weighted by Crippen LogP contribution is -2.28. The maximum Gasteiger partial charge on any atom is 0.573 e. The molecule has 0 atom stereocenters. The Balaban J connectivity index is 1.78. The number of halogens is 3. The van der Waals surface area contributed by atoms with E-state index in [0.717, 1.165) is 43.5 Å². The van der Waals surface area contributed by atoms with Crippen LogP contribution in [-0.2, 0) is 6.42 Å². The first-order valence-electron chi connectivity index (χ1n) is 8.16. The zero-order valence-electron chi connectivity index (χ0n) is 13.3. The minimum atomic E-state index is -4.66. The Hall–Kier alpha value is -2.01. The van der Waals surface area contributed by atoms with Gasteiger partial charge in [-0.15, -0.1) is 13.2 Å². The molecule has 24 heavy (non-hydrogen) atoms. The summed E-state index contributed by atoms with van der Waals surface area (Å²) < 4.78 is 40.7. The second-order valence-corrected chi connectivity index (χ2v) is 6.13. The Morgan fingerprint density at radius 3 is 2.29 bits per heavy atom. The SMILES string of the molecule is FC(F)(F)Oc1ccc(-c2ccccc2CC2CCNCC2)cc1. The topological polar surface area (TPSA) is 21.3 Å². The quantitative estimate of drug-likeness (QED) is 0.867. The second kappa shape index (κ2) is 7.26. The van der Waals surface area contributed by atoms with Crippen molar-refractivity contribution in [2.45, 2.75) is 25.6 Å². The molecule has 1 aliphatic heterocycles. The standard InChI is InChI=1S/C19H20F3NO/c20-19(21,22)24-17-7-5-15(6-8-17)18-4-2-1-3-16(18)13-14-9-11-23-12-10-14/h1-8,14,23H,9-13H2. The van der Waals surface area contributed by atoms with E-state index in [-0.39, 0.29) is 5.75 Å². The predicted octanol–water partition coefficient (Wildman–Crippen LogP) is 4.79. The summed E-state index contributed by atoms with van der Waals surface area (Å²) in [5, 5.41) is 3.37. The molecule has 2 nitrogen and oxygen atoms in total. The largest absolute Gasteiger partial charge is 0.573 e. The third-order valence-electron chi connectivity index (χ3n) is 4.38. The molecule has 1 N–H and O–H groups in total. The summed E-state index contributed by atoms with van der Waals surface area (Å²) in [6.45, 7) is 2.10. The number of alkyl halides is 3. The molecule has 2 aromatic rings. The second-order valence-electron chi connectivity index (χ2n) is 6.13. The van der Waals surface area contributed by atoms with E-state index in [1.165, 1.54) is 17.7 Å². The van der Waals surface area contributed by atoms with Gasteiger partial charge in [-0.3, -0.25) is 0 Å². The molecule has 1 aliphatic rings. The van der Waals surface area contributed by atoms with Gasteiger partial charge in [-0.1, -0.05) is 36.4 Å². The van der Waals surface area contributed by atoms with Crippen LogP contribution in [0.3, 0.4) is 0 Å². The summed E-state index contributed by atoms with van der Waals surface area (Å²) in [6.07, 6.45) is -1.34. The van der Waals surface area contributed by atoms with Crippen LogP contribution in [0.1, 0.15) is 18.4 Å². The first kappa shape index (κ1) is 16.8. The maximum absolute atomic E-state index is 12.3. The van der Waals surface area contributed by atoms with Crippen molar-refractivity contribution >= 4 is 0 Å². The molecule has 0 amide bonds. The van der Waals surface area contributed by atoms with Crippen LogP contribution in [0, 0.1) is 5.92 Å². The molecule has 0 aromatic heterocycles. The van der Waals surface area contributed by atoms with Gasteiger partial charge in [0.25, 0.3) is 0 Å². The van der Waals surface area contributed by atoms with E-state index in [1.54, 1.807) is 12.1 Å². The molecule has 128 valence electrons. The van der Waals surface area contributed by atoms with Crippen LogP contribution >= 0.6 is 0 Å². The highest BCUT2D eigenvalue weighted by Crippen LogP contribution is 2.30. The average molecular weight is 335 g/mol. The fraction of sp³-hybridized carbons (Fsp3) is 0.368. The molecule has 1 saturated heterocycles. The van der Waals surface area contributed by atoms with Crippen molar-refractivity contribution in [3.8, 4) is 16.9 Å². The third kappa shape index (κ3) is 4.51. The summed E-state index contributed by atoms with van der Waals surface area (Å²) in [5.74, 6) is 0.460. The Bertz CT molecular complexity index is 661. The van der Waals surface area contributed by atoms with Gasteiger partial charge in [-0.25, -0.2) is 0 Å². The molecule has 0 saturated carbocycles. The lowest BCUT2D eigenvalue weighted by atomic mass is 9.87. The lowest BCUT2D eigenvalue weighted by molar-refractivity contribution is -0.274. The van der Waals surface area contributed by atoms with Crippen molar-refractivity contribution in [1.29, 1.82) is 0 Å². The van der Waals surface area contributed by atoms with Crippen molar-refractivity contribution in [3.63, 3.8) is 0 Å². The fourth-order valence-corrected chi connectivity index (χ4v) is 3.21. The molecule has 1 heterocycles. The van der Waals surface area contributed by atoms with E-state index in [4.69, 9.17) is 0 Å². The molecule has 0 spiro atoms. The van der Waals surface area contributed by atoms with Gasteiger partial charge < -0.3 is 10.1 Å². The van der Waals surface area contributed by atoms with E-state index in [1.807, 2.05) is 18.2 Å².